The third kappa shape index (κ3) is 1.81. The Morgan fingerprint density at radius 2 is 2.19 bits per heavy atom. The van der Waals surface area contributed by atoms with Crippen molar-refractivity contribution in [3.05, 3.63) is 0 Å². The second-order valence-corrected chi connectivity index (χ2v) is 5.37. The number of carbonyl (C=O) groups is 2. The fraction of sp³-hybridized carbons (Fsp3) is 0.833. The zero-order valence-corrected chi connectivity index (χ0v) is 9.90. The maximum Gasteiger partial charge on any atom is 0.308 e. The fourth-order valence-corrected chi connectivity index (χ4v) is 2.57. The van der Waals surface area contributed by atoms with E-state index in [1.54, 1.807) is 4.90 Å². The van der Waals surface area contributed by atoms with Crippen molar-refractivity contribution < 1.29 is 14.7 Å². The molecule has 4 nitrogen and oxygen atoms in total. The molecule has 1 heterocycles. The van der Waals surface area contributed by atoms with Crippen LogP contribution in [-0.4, -0.2) is 35.0 Å². The van der Waals surface area contributed by atoms with Gasteiger partial charge in [-0.15, -0.1) is 0 Å². The van der Waals surface area contributed by atoms with E-state index in [1.165, 1.54) is 0 Å². The number of carboxylic acids is 1. The van der Waals surface area contributed by atoms with Gasteiger partial charge in [-0.2, -0.15) is 0 Å². The molecule has 1 aliphatic carbocycles. The summed E-state index contributed by atoms with van der Waals surface area (Å²) in [5.74, 6) is -0.807. The van der Waals surface area contributed by atoms with Gasteiger partial charge in [0, 0.05) is 19.0 Å². The van der Waals surface area contributed by atoms with Crippen LogP contribution in [0.4, 0.5) is 0 Å². The molecular weight excluding hydrogens is 206 g/mol. The minimum atomic E-state index is -0.774. The van der Waals surface area contributed by atoms with Crippen LogP contribution in [0, 0.1) is 17.3 Å². The summed E-state index contributed by atoms with van der Waals surface area (Å²) in [5.41, 5.74) is 0.179. The normalized spacial score (nSPS) is 37.5. The van der Waals surface area contributed by atoms with E-state index in [2.05, 4.69) is 13.8 Å². The third-order valence-electron chi connectivity index (χ3n) is 4.31. The Hall–Kier alpha value is -1.06. The van der Waals surface area contributed by atoms with Crippen LogP contribution in [-0.2, 0) is 9.59 Å². The number of hydrogen-bond acceptors (Lipinski definition) is 2. The Balaban J connectivity index is 1.91. The molecule has 2 fully saturated rings. The number of nitrogens with zero attached hydrogens (tertiary/aromatic N) is 1. The van der Waals surface area contributed by atoms with Gasteiger partial charge in [-0.3, -0.25) is 9.59 Å². The highest BCUT2D eigenvalue weighted by Crippen LogP contribution is 2.55. The summed E-state index contributed by atoms with van der Waals surface area (Å²) in [7, 11) is 0. The van der Waals surface area contributed by atoms with E-state index in [1.807, 2.05) is 0 Å². The number of aliphatic carboxylic acids is 1. The predicted octanol–water partition coefficient (Wildman–Crippen LogP) is 1.36. The SMILES string of the molecule is CCC1(C)CC1C(=O)N1CCC(C(=O)O)C1. The summed E-state index contributed by atoms with van der Waals surface area (Å²) in [6.45, 7) is 5.27. The quantitative estimate of drug-likeness (QED) is 0.789. The summed E-state index contributed by atoms with van der Waals surface area (Å²) >= 11 is 0. The number of rotatable bonds is 3. The van der Waals surface area contributed by atoms with Crippen LogP contribution in [0.5, 0.6) is 0 Å². The molecule has 90 valence electrons. The van der Waals surface area contributed by atoms with E-state index >= 15 is 0 Å². The molecule has 0 aromatic heterocycles. The third-order valence-corrected chi connectivity index (χ3v) is 4.31. The lowest BCUT2D eigenvalue weighted by atomic mass is 10.0. The lowest BCUT2D eigenvalue weighted by molar-refractivity contribution is -0.141. The van der Waals surface area contributed by atoms with Gasteiger partial charge in [0.25, 0.3) is 0 Å². The monoisotopic (exact) mass is 225 g/mol. The molecule has 1 amide bonds. The second-order valence-electron chi connectivity index (χ2n) is 5.37. The van der Waals surface area contributed by atoms with E-state index in [0.29, 0.717) is 19.5 Å². The predicted molar refractivity (Wildman–Crippen MR) is 58.8 cm³/mol. The molecule has 0 bridgehead atoms. The molecule has 16 heavy (non-hydrogen) atoms. The van der Waals surface area contributed by atoms with Crippen LogP contribution in [0.25, 0.3) is 0 Å². The Bertz CT molecular complexity index is 328. The number of amides is 1. The first-order valence-electron chi connectivity index (χ1n) is 5.99. The highest BCUT2D eigenvalue weighted by Gasteiger charge is 2.54. The number of likely N-dealkylation sites (tertiary alicyclic amines) is 1. The van der Waals surface area contributed by atoms with Crippen LogP contribution in [0.3, 0.4) is 0 Å². The molecule has 1 N–H and O–H groups in total. The largest absolute Gasteiger partial charge is 0.481 e. The first-order valence-corrected chi connectivity index (χ1v) is 5.99. The molecule has 2 rings (SSSR count). The Morgan fingerprint density at radius 1 is 1.50 bits per heavy atom. The van der Waals surface area contributed by atoms with Crippen LogP contribution < -0.4 is 0 Å². The lowest BCUT2D eigenvalue weighted by Crippen LogP contribution is -2.32. The lowest BCUT2D eigenvalue weighted by Gasteiger charge is -2.17. The molecule has 0 aromatic carbocycles. The summed E-state index contributed by atoms with van der Waals surface area (Å²) in [4.78, 5) is 24.6. The first kappa shape index (κ1) is 11.4. The topological polar surface area (TPSA) is 57.6 Å². The Labute approximate surface area is 95.6 Å². The number of carbonyl (C=O) groups excluding carboxylic acids is 1. The van der Waals surface area contributed by atoms with Gasteiger partial charge < -0.3 is 10.0 Å². The molecular formula is C12H19NO3. The van der Waals surface area contributed by atoms with Crippen LogP contribution in [0.1, 0.15) is 33.1 Å². The number of hydrogen-bond donors (Lipinski definition) is 1. The molecule has 3 atom stereocenters. The Kier molecular flexibility index (Phi) is 2.68. The van der Waals surface area contributed by atoms with Gasteiger partial charge in [0.05, 0.1) is 5.92 Å². The zero-order chi connectivity index (χ0) is 11.9. The smallest absolute Gasteiger partial charge is 0.308 e. The van der Waals surface area contributed by atoms with Crippen LogP contribution in [0.2, 0.25) is 0 Å². The van der Waals surface area contributed by atoms with Gasteiger partial charge >= 0.3 is 5.97 Å². The van der Waals surface area contributed by atoms with Crippen molar-refractivity contribution in [1.82, 2.24) is 4.90 Å². The summed E-state index contributed by atoms with van der Waals surface area (Å²) in [6, 6.07) is 0. The minimum absolute atomic E-state index is 0.144. The summed E-state index contributed by atoms with van der Waals surface area (Å²) in [5, 5.41) is 8.88. The van der Waals surface area contributed by atoms with Gasteiger partial charge in [-0.05, 0) is 24.7 Å². The standard InChI is InChI=1S/C12H19NO3/c1-3-12(2)6-9(12)10(14)13-5-4-8(7-13)11(15)16/h8-9H,3-7H2,1-2H3,(H,15,16). The maximum absolute atomic E-state index is 12.1. The van der Waals surface area contributed by atoms with Gasteiger partial charge in [-0.1, -0.05) is 13.8 Å². The molecule has 0 aromatic rings. The van der Waals surface area contributed by atoms with E-state index in [0.717, 1.165) is 12.8 Å². The van der Waals surface area contributed by atoms with E-state index in [-0.39, 0.29) is 23.2 Å². The zero-order valence-electron chi connectivity index (χ0n) is 9.90. The maximum atomic E-state index is 12.1. The van der Waals surface area contributed by atoms with E-state index < -0.39 is 5.97 Å². The molecule has 1 aliphatic heterocycles. The summed E-state index contributed by atoms with van der Waals surface area (Å²) < 4.78 is 0. The van der Waals surface area contributed by atoms with Crippen molar-refractivity contribution >= 4 is 11.9 Å². The average molecular weight is 225 g/mol. The van der Waals surface area contributed by atoms with Crippen molar-refractivity contribution in [3.8, 4) is 0 Å². The van der Waals surface area contributed by atoms with Crippen molar-refractivity contribution in [3.63, 3.8) is 0 Å². The molecule has 3 unspecified atom stereocenters. The van der Waals surface area contributed by atoms with Crippen LogP contribution in [0.15, 0.2) is 0 Å². The highest BCUT2D eigenvalue weighted by atomic mass is 16.4. The van der Waals surface area contributed by atoms with Crippen molar-refractivity contribution in [2.24, 2.45) is 17.3 Å². The number of carboxylic acid groups (broad SMARTS) is 1. The Morgan fingerprint density at radius 3 is 2.62 bits per heavy atom. The molecule has 0 radical (unpaired) electrons. The van der Waals surface area contributed by atoms with Gasteiger partial charge in [0.1, 0.15) is 0 Å². The molecule has 0 spiro atoms. The molecule has 2 aliphatic rings. The van der Waals surface area contributed by atoms with Crippen molar-refractivity contribution in [2.75, 3.05) is 13.1 Å². The van der Waals surface area contributed by atoms with Crippen LogP contribution >= 0.6 is 0 Å². The van der Waals surface area contributed by atoms with Gasteiger partial charge in [0.2, 0.25) is 5.91 Å². The first-order chi connectivity index (χ1) is 7.48. The summed E-state index contributed by atoms with van der Waals surface area (Å²) in [6.07, 6.45) is 2.60. The van der Waals surface area contributed by atoms with Crippen molar-refractivity contribution in [1.29, 1.82) is 0 Å². The minimum Gasteiger partial charge on any atom is -0.481 e. The highest BCUT2D eigenvalue weighted by molar-refractivity contribution is 5.84. The van der Waals surface area contributed by atoms with Gasteiger partial charge in [-0.25, -0.2) is 0 Å². The van der Waals surface area contributed by atoms with E-state index in [4.69, 9.17) is 5.11 Å². The molecule has 1 saturated heterocycles. The molecule has 4 heteroatoms. The average Bonchev–Trinajstić information content (AvgIpc) is 2.74. The fourth-order valence-electron chi connectivity index (χ4n) is 2.57. The van der Waals surface area contributed by atoms with Gasteiger partial charge in [0.15, 0.2) is 0 Å². The second kappa shape index (κ2) is 3.75. The van der Waals surface area contributed by atoms with Crippen molar-refractivity contribution in [2.45, 2.75) is 33.1 Å². The van der Waals surface area contributed by atoms with E-state index in [9.17, 15) is 9.59 Å². The molecule has 1 saturated carbocycles.